The second-order valence-corrected chi connectivity index (χ2v) is 3.03. The summed E-state index contributed by atoms with van der Waals surface area (Å²) in [5.41, 5.74) is -0.423. The quantitative estimate of drug-likeness (QED) is 0.756. The van der Waals surface area contributed by atoms with Gasteiger partial charge in [0.05, 0.1) is 11.1 Å². The van der Waals surface area contributed by atoms with E-state index in [1.807, 2.05) is 0 Å². The standard InChI is InChI=1S/C10H7NO4/c1-5-11-7-4-2-3-6(9(12)13)8(7)10(14)15-5/h2-4H,1H3,(H,12,13). The number of hydrogen-bond donors (Lipinski definition) is 1. The maximum absolute atomic E-state index is 11.5. The fourth-order valence-electron chi connectivity index (χ4n) is 1.40. The first-order valence-corrected chi connectivity index (χ1v) is 4.23. The molecule has 0 spiro atoms. The molecule has 0 radical (unpaired) electrons. The highest BCUT2D eigenvalue weighted by Gasteiger charge is 2.13. The van der Waals surface area contributed by atoms with Gasteiger partial charge in [-0.3, -0.25) is 0 Å². The van der Waals surface area contributed by atoms with Crippen molar-refractivity contribution in [1.29, 1.82) is 0 Å². The molecule has 1 aromatic heterocycles. The average molecular weight is 205 g/mol. The van der Waals surface area contributed by atoms with Crippen LogP contribution in [0.2, 0.25) is 0 Å². The Balaban J connectivity index is 2.98. The minimum atomic E-state index is -1.17. The molecule has 1 aromatic carbocycles. The lowest BCUT2D eigenvalue weighted by Crippen LogP contribution is -2.09. The lowest BCUT2D eigenvalue weighted by atomic mass is 10.1. The number of rotatable bonds is 1. The molecule has 0 fully saturated rings. The van der Waals surface area contributed by atoms with Gasteiger partial charge in [-0.2, -0.15) is 0 Å². The fourth-order valence-corrected chi connectivity index (χ4v) is 1.40. The summed E-state index contributed by atoms with van der Waals surface area (Å²) in [6, 6.07) is 4.46. The lowest BCUT2D eigenvalue weighted by molar-refractivity contribution is 0.0698. The zero-order valence-corrected chi connectivity index (χ0v) is 7.85. The summed E-state index contributed by atoms with van der Waals surface area (Å²) in [6.45, 7) is 1.54. The third-order valence-corrected chi connectivity index (χ3v) is 2.00. The first-order chi connectivity index (χ1) is 7.09. The summed E-state index contributed by atoms with van der Waals surface area (Å²) in [7, 11) is 0. The van der Waals surface area contributed by atoms with Gasteiger partial charge in [-0.05, 0) is 12.1 Å². The number of aromatic nitrogens is 1. The molecule has 0 atom stereocenters. The van der Waals surface area contributed by atoms with Crippen molar-refractivity contribution >= 4 is 16.9 Å². The summed E-state index contributed by atoms with van der Waals surface area (Å²) in [6.07, 6.45) is 0. The second kappa shape index (κ2) is 3.20. The molecule has 2 aromatic rings. The summed E-state index contributed by atoms with van der Waals surface area (Å²) in [4.78, 5) is 26.2. The minimum absolute atomic E-state index is 0.00981. The number of aromatic carboxylic acids is 1. The largest absolute Gasteiger partial charge is 0.478 e. The van der Waals surface area contributed by atoms with Gasteiger partial charge in [0.2, 0.25) is 0 Å². The van der Waals surface area contributed by atoms with E-state index in [9.17, 15) is 9.59 Å². The second-order valence-electron chi connectivity index (χ2n) is 3.03. The average Bonchev–Trinajstić information content (AvgIpc) is 2.16. The predicted molar refractivity (Wildman–Crippen MR) is 52.0 cm³/mol. The van der Waals surface area contributed by atoms with Gasteiger partial charge >= 0.3 is 11.6 Å². The van der Waals surface area contributed by atoms with Crippen molar-refractivity contribution in [3.05, 3.63) is 40.1 Å². The highest BCUT2D eigenvalue weighted by molar-refractivity contribution is 6.01. The molecule has 0 saturated carbocycles. The Morgan fingerprint density at radius 3 is 2.87 bits per heavy atom. The van der Waals surface area contributed by atoms with Crippen LogP contribution in [0.15, 0.2) is 27.4 Å². The summed E-state index contributed by atoms with van der Waals surface area (Å²) < 4.78 is 4.75. The van der Waals surface area contributed by atoms with E-state index in [1.54, 1.807) is 6.07 Å². The van der Waals surface area contributed by atoms with Gasteiger partial charge in [-0.1, -0.05) is 6.07 Å². The number of carboxylic acid groups (broad SMARTS) is 1. The molecule has 0 unspecified atom stereocenters. The van der Waals surface area contributed by atoms with E-state index in [4.69, 9.17) is 9.52 Å². The highest BCUT2D eigenvalue weighted by atomic mass is 16.4. The Morgan fingerprint density at radius 1 is 1.47 bits per heavy atom. The van der Waals surface area contributed by atoms with Gasteiger partial charge in [0.15, 0.2) is 5.89 Å². The van der Waals surface area contributed by atoms with Crippen molar-refractivity contribution in [1.82, 2.24) is 4.98 Å². The third-order valence-electron chi connectivity index (χ3n) is 2.00. The molecule has 5 nitrogen and oxygen atoms in total. The van der Waals surface area contributed by atoms with Crippen LogP contribution >= 0.6 is 0 Å². The normalized spacial score (nSPS) is 10.5. The third kappa shape index (κ3) is 1.48. The molecule has 0 amide bonds. The number of carbonyl (C=O) groups is 1. The van der Waals surface area contributed by atoms with E-state index >= 15 is 0 Å². The van der Waals surface area contributed by atoms with E-state index in [1.165, 1.54) is 19.1 Å². The van der Waals surface area contributed by atoms with E-state index in [2.05, 4.69) is 4.98 Å². The van der Waals surface area contributed by atoms with E-state index in [0.717, 1.165) is 0 Å². The zero-order valence-electron chi connectivity index (χ0n) is 7.85. The fraction of sp³-hybridized carbons (Fsp3) is 0.100. The van der Waals surface area contributed by atoms with E-state index in [-0.39, 0.29) is 16.8 Å². The topological polar surface area (TPSA) is 80.4 Å². The molecule has 0 saturated heterocycles. The number of fused-ring (bicyclic) bond motifs is 1. The lowest BCUT2D eigenvalue weighted by Gasteiger charge is -2.00. The number of nitrogens with zero attached hydrogens (tertiary/aromatic N) is 1. The van der Waals surface area contributed by atoms with Crippen LogP contribution in [0.3, 0.4) is 0 Å². The molecule has 15 heavy (non-hydrogen) atoms. The number of benzene rings is 1. The monoisotopic (exact) mass is 205 g/mol. The maximum atomic E-state index is 11.5. The molecule has 0 bridgehead atoms. The van der Waals surface area contributed by atoms with Gasteiger partial charge in [-0.15, -0.1) is 0 Å². The minimum Gasteiger partial charge on any atom is -0.478 e. The van der Waals surface area contributed by atoms with Crippen LogP contribution < -0.4 is 5.63 Å². The van der Waals surface area contributed by atoms with Gasteiger partial charge in [0.1, 0.15) is 5.39 Å². The number of aryl methyl sites for hydroxylation is 1. The molecule has 76 valence electrons. The Kier molecular flexibility index (Phi) is 2.00. The Bertz CT molecular complexity index is 600. The van der Waals surface area contributed by atoms with Crippen LogP contribution in [0, 0.1) is 6.92 Å². The van der Waals surface area contributed by atoms with Gasteiger partial charge in [0.25, 0.3) is 0 Å². The summed E-state index contributed by atoms with van der Waals surface area (Å²) in [5, 5.41) is 8.88. The molecule has 1 N–H and O–H groups in total. The molecule has 5 heteroatoms. The Hall–Kier alpha value is -2.17. The van der Waals surface area contributed by atoms with E-state index in [0.29, 0.717) is 5.52 Å². The van der Waals surface area contributed by atoms with Crippen molar-refractivity contribution in [2.75, 3.05) is 0 Å². The smallest absolute Gasteiger partial charge is 0.347 e. The molecule has 0 aliphatic carbocycles. The molecule has 0 aliphatic heterocycles. The van der Waals surface area contributed by atoms with Crippen molar-refractivity contribution < 1.29 is 14.3 Å². The van der Waals surface area contributed by atoms with Crippen LogP contribution in [0.25, 0.3) is 10.9 Å². The van der Waals surface area contributed by atoms with Crippen LogP contribution in [-0.2, 0) is 0 Å². The van der Waals surface area contributed by atoms with Crippen LogP contribution in [0.4, 0.5) is 0 Å². The predicted octanol–water partition coefficient (Wildman–Crippen LogP) is 1.19. The molecule has 2 rings (SSSR count). The van der Waals surface area contributed by atoms with Gasteiger partial charge in [-0.25, -0.2) is 14.6 Å². The van der Waals surface area contributed by atoms with Crippen molar-refractivity contribution in [3.63, 3.8) is 0 Å². The first-order valence-electron chi connectivity index (χ1n) is 4.23. The Morgan fingerprint density at radius 2 is 2.20 bits per heavy atom. The molecular weight excluding hydrogens is 198 g/mol. The van der Waals surface area contributed by atoms with Gasteiger partial charge in [0, 0.05) is 6.92 Å². The molecule has 0 aliphatic rings. The molecular formula is C10H7NO4. The summed E-state index contributed by atoms with van der Waals surface area (Å²) in [5.74, 6) is -0.950. The van der Waals surface area contributed by atoms with E-state index < -0.39 is 11.6 Å². The molecule has 1 heterocycles. The zero-order chi connectivity index (χ0) is 11.0. The number of carboxylic acids is 1. The van der Waals surface area contributed by atoms with Crippen molar-refractivity contribution in [2.45, 2.75) is 6.92 Å². The first kappa shape index (κ1) is 9.39. The van der Waals surface area contributed by atoms with Crippen molar-refractivity contribution in [3.8, 4) is 0 Å². The highest BCUT2D eigenvalue weighted by Crippen LogP contribution is 2.13. The van der Waals surface area contributed by atoms with Crippen LogP contribution in [0.5, 0.6) is 0 Å². The summed E-state index contributed by atoms with van der Waals surface area (Å²) >= 11 is 0. The van der Waals surface area contributed by atoms with Crippen molar-refractivity contribution in [2.24, 2.45) is 0 Å². The van der Waals surface area contributed by atoms with Crippen LogP contribution in [-0.4, -0.2) is 16.1 Å². The maximum Gasteiger partial charge on any atom is 0.347 e. The van der Waals surface area contributed by atoms with Crippen LogP contribution in [0.1, 0.15) is 16.2 Å². The SMILES string of the molecule is Cc1nc2cccc(C(=O)O)c2c(=O)o1. The number of hydrogen-bond acceptors (Lipinski definition) is 4. The van der Waals surface area contributed by atoms with Gasteiger partial charge < -0.3 is 9.52 Å². The Labute approximate surface area is 84.0 Å².